The largest absolute Gasteiger partial charge is 0.309 e. The molecule has 0 spiro atoms. The van der Waals surface area contributed by atoms with Crippen molar-refractivity contribution in [2.24, 2.45) is 5.92 Å². The zero-order chi connectivity index (χ0) is 11.2. The summed E-state index contributed by atoms with van der Waals surface area (Å²) in [6.45, 7) is 2.90. The second-order valence-corrected chi connectivity index (χ2v) is 4.36. The van der Waals surface area contributed by atoms with Gasteiger partial charge in [0, 0.05) is 19.0 Å². The van der Waals surface area contributed by atoms with Gasteiger partial charge in [-0.3, -0.25) is 0 Å². The first-order chi connectivity index (χ1) is 7.92. The van der Waals surface area contributed by atoms with E-state index in [-0.39, 0.29) is 0 Å². The molecule has 1 N–H and O–H groups in total. The Labute approximate surface area is 98.3 Å². The van der Waals surface area contributed by atoms with E-state index < -0.39 is 0 Å². The summed E-state index contributed by atoms with van der Waals surface area (Å²) in [5.74, 6) is 6.88. The summed E-state index contributed by atoms with van der Waals surface area (Å²) < 4.78 is 0. The van der Waals surface area contributed by atoms with Crippen LogP contribution in [0.15, 0.2) is 30.3 Å². The molecule has 1 unspecified atom stereocenters. The van der Waals surface area contributed by atoms with Crippen molar-refractivity contribution < 1.29 is 0 Å². The molecule has 0 aliphatic heterocycles. The van der Waals surface area contributed by atoms with Crippen LogP contribution in [0.4, 0.5) is 0 Å². The van der Waals surface area contributed by atoms with Gasteiger partial charge in [0.15, 0.2) is 0 Å². The molecule has 0 aromatic heterocycles. The predicted octanol–water partition coefficient (Wildman–Crippen LogP) is 3.14. The highest BCUT2D eigenvalue weighted by molar-refractivity contribution is 5.21. The molecule has 1 aliphatic rings. The molecule has 0 radical (unpaired) electrons. The minimum absolute atomic E-state index is 0.542. The van der Waals surface area contributed by atoms with E-state index in [1.165, 1.54) is 18.4 Å². The van der Waals surface area contributed by atoms with Gasteiger partial charge >= 0.3 is 0 Å². The van der Waals surface area contributed by atoms with Crippen molar-refractivity contribution in [1.29, 1.82) is 0 Å². The van der Waals surface area contributed by atoms with E-state index in [0.717, 1.165) is 18.9 Å². The fraction of sp³-hybridized carbons (Fsp3) is 0.467. The van der Waals surface area contributed by atoms with Crippen molar-refractivity contribution in [3.8, 4) is 11.8 Å². The molecule has 0 bridgehead atoms. The molecule has 1 aromatic carbocycles. The molecule has 0 saturated heterocycles. The third kappa shape index (κ3) is 3.12. The Bertz CT molecular complexity index is 367. The normalized spacial score (nSPS) is 16.3. The average Bonchev–Trinajstić information content (AvgIpc) is 3.15. The van der Waals surface area contributed by atoms with Gasteiger partial charge in [-0.15, -0.1) is 11.8 Å². The third-order valence-electron chi connectivity index (χ3n) is 3.04. The first-order valence-electron chi connectivity index (χ1n) is 6.09. The Morgan fingerprint density at radius 1 is 1.31 bits per heavy atom. The van der Waals surface area contributed by atoms with Crippen LogP contribution >= 0.6 is 0 Å². The zero-order valence-corrected chi connectivity index (χ0v) is 9.87. The van der Waals surface area contributed by atoms with Gasteiger partial charge in [-0.1, -0.05) is 30.3 Å². The molecule has 0 amide bonds. The maximum Gasteiger partial charge on any atom is 0.0349 e. The summed E-state index contributed by atoms with van der Waals surface area (Å²) in [6, 6.07) is 11.3. The SMILES string of the molecule is CC#CCCNC(c1ccccc1)C1CC1. The van der Waals surface area contributed by atoms with Crippen molar-refractivity contribution in [3.63, 3.8) is 0 Å². The van der Waals surface area contributed by atoms with Crippen LogP contribution in [0.3, 0.4) is 0 Å². The van der Waals surface area contributed by atoms with E-state index in [1.807, 2.05) is 6.92 Å². The molecule has 1 atom stereocenters. The molecule has 0 heterocycles. The first kappa shape index (κ1) is 11.2. The highest BCUT2D eigenvalue weighted by Gasteiger charge is 2.31. The van der Waals surface area contributed by atoms with Crippen LogP contribution in [-0.4, -0.2) is 6.54 Å². The minimum Gasteiger partial charge on any atom is -0.309 e. The summed E-state index contributed by atoms with van der Waals surface area (Å²) >= 11 is 0. The van der Waals surface area contributed by atoms with Crippen LogP contribution in [0.25, 0.3) is 0 Å². The van der Waals surface area contributed by atoms with Gasteiger partial charge in [-0.05, 0) is 31.2 Å². The Morgan fingerprint density at radius 3 is 2.69 bits per heavy atom. The minimum atomic E-state index is 0.542. The quantitative estimate of drug-likeness (QED) is 0.585. The van der Waals surface area contributed by atoms with E-state index in [4.69, 9.17) is 0 Å². The van der Waals surface area contributed by atoms with E-state index in [1.54, 1.807) is 0 Å². The van der Waals surface area contributed by atoms with Crippen LogP contribution in [0, 0.1) is 17.8 Å². The van der Waals surface area contributed by atoms with Crippen LogP contribution in [-0.2, 0) is 0 Å². The Morgan fingerprint density at radius 2 is 2.06 bits per heavy atom. The van der Waals surface area contributed by atoms with Crippen molar-refractivity contribution in [1.82, 2.24) is 5.32 Å². The topological polar surface area (TPSA) is 12.0 Å². The van der Waals surface area contributed by atoms with Crippen molar-refractivity contribution in [3.05, 3.63) is 35.9 Å². The van der Waals surface area contributed by atoms with Crippen molar-refractivity contribution >= 4 is 0 Å². The average molecular weight is 213 g/mol. The van der Waals surface area contributed by atoms with Crippen molar-refractivity contribution in [2.45, 2.75) is 32.2 Å². The van der Waals surface area contributed by atoms with E-state index in [0.29, 0.717) is 6.04 Å². The molecule has 1 nitrogen and oxygen atoms in total. The first-order valence-corrected chi connectivity index (χ1v) is 6.09. The van der Waals surface area contributed by atoms with Gasteiger partial charge in [0.1, 0.15) is 0 Å². The molecule has 1 aliphatic carbocycles. The molecule has 84 valence electrons. The second kappa shape index (κ2) is 5.72. The van der Waals surface area contributed by atoms with E-state index in [9.17, 15) is 0 Å². The molecule has 1 aromatic rings. The molecule has 1 saturated carbocycles. The zero-order valence-electron chi connectivity index (χ0n) is 9.87. The van der Waals surface area contributed by atoms with Gasteiger partial charge in [0.05, 0.1) is 0 Å². The lowest BCUT2D eigenvalue weighted by Crippen LogP contribution is -2.23. The Kier molecular flexibility index (Phi) is 4.02. The van der Waals surface area contributed by atoms with Crippen LogP contribution < -0.4 is 5.32 Å². The van der Waals surface area contributed by atoms with Gasteiger partial charge < -0.3 is 5.32 Å². The monoisotopic (exact) mass is 213 g/mol. The standard InChI is InChI=1S/C15H19N/c1-2-3-7-12-16-15(14-10-11-14)13-8-5-4-6-9-13/h4-6,8-9,14-16H,7,10-12H2,1H3. The maximum atomic E-state index is 3.63. The molecule has 16 heavy (non-hydrogen) atoms. The lowest BCUT2D eigenvalue weighted by atomic mass is 10.0. The van der Waals surface area contributed by atoms with Crippen LogP contribution in [0.1, 0.15) is 37.8 Å². The van der Waals surface area contributed by atoms with Gasteiger partial charge in [-0.2, -0.15) is 0 Å². The molecular weight excluding hydrogens is 194 g/mol. The van der Waals surface area contributed by atoms with Gasteiger partial charge in [0.25, 0.3) is 0 Å². The Balaban J connectivity index is 1.92. The lowest BCUT2D eigenvalue weighted by Gasteiger charge is -2.18. The molecule has 1 heteroatoms. The maximum absolute atomic E-state index is 3.63. The smallest absolute Gasteiger partial charge is 0.0349 e. The fourth-order valence-corrected chi connectivity index (χ4v) is 2.06. The van der Waals surface area contributed by atoms with Crippen LogP contribution in [0.2, 0.25) is 0 Å². The summed E-state index contributed by atoms with van der Waals surface area (Å²) in [7, 11) is 0. The Hall–Kier alpha value is -1.26. The highest BCUT2D eigenvalue weighted by Crippen LogP contribution is 2.40. The number of benzene rings is 1. The fourth-order valence-electron chi connectivity index (χ4n) is 2.06. The number of hydrogen-bond acceptors (Lipinski definition) is 1. The third-order valence-corrected chi connectivity index (χ3v) is 3.04. The predicted molar refractivity (Wildman–Crippen MR) is 68.0 cm³/mol. The summed E-state index contributed by atoms with van der Waals surface area (Å²) in [5, 5.41) is 3.63. The second-order valence-electron chi connectivity index (χ2n) is 4.36. The van der Waals surface area contributed by atoms with Crippen LogP contribution in [0.5, 0.6) is 0 Å². The van der Waals surface area contributed by atoms with Crippen molar-refractivity contribution in [2.75, 3.05) is 6.54 Å². The number of hydrogen-bond donors (Lipinski definition) is 1. The molecule has 2 rings (SSSR count). The molecular formula is C15H19N. The summed E-state index contributed by atoms with van der Waals surface area (Å²) in [5.41, 5.74) is 1.43. The van der Waals surface area contributed by atoms with Gasteiger partial charge in [-0.25, -0.2) is 0 Å². The van der Waals surface area contributed by atoms with E-state index in [2.05, 4.69) is 47.5 Å². The number of nitrogens with one attached hydrogen (secondary N) is 1. The lowest BCUT2D eigenvalue weighted by molar-refractivity contribution is 0.488. The van der Waals surface area contributed by atoms with E-state index >= 15 is 0 Å². The number of rotatable bonds is 5. The summed E-state index contributed by atoms with van der Waals surface area (Å²) in [6.07, 6.45) is 3.69. The molecule has 1 fully saturated rings. The summed E-state index contributed by atoms with van der Waals surface area (Å²) in [4.78, 5) is 0. The highest BCUT2D eigenvalue weighted by atomic mass is 14.9. The van der Waals surface area contributed by atoms with Gasteiger partial charge in [0.2, 0.25) is 0 Å².